The van der Waals surface area contributed by atoms with E-state index in [0.29, 0.717) is 33.0 Å². The van der Waals surface area contributed by atoms with Crippen LogP contribution in [-0.2, 0) is 4.79 Å². The molecule has 6 rings (SSSR count). The number of carbonyl (C=O) groups is 1. The maximum atomic E-state index is 12.5. The lowest BCUT2D eigenvalue weighted by Gasteiger charge is -2.05. The minimum Gasteiger partial charge on any atom is -0.454 e. The maximum absolute atomic E-state index is 12.5. The second-order valence-corrected chi connectivity index (χ2v) is 8.62. The van der Waals surface area contributed by atoms with Crippen molar-refractivity contribution in [3.05, 3.63) is 65.9 Å². The number of fused-ring (bicyclic) bond motifs is 4. The summed E-state index contributed by atoms with van der Waals surface area (Å²) in [6.07, 6.45) is 3.67. The van der Waals surface area contributed by atoms with Crippen molar-refractivity contribution in [2.45, 2.75) is 5.16 Å². The molecule has 9 nitrogen and oxygen atoms in total. The van der Waals surface area contributed by atoms with Gasteiger partial charge in [0.25, 0.3) is 0 Å². The molecule has 33 heavy (non-hydrogen) atoms. The van der Waals surface area contributed by atoms with Gasteiger partial charge in [0.1, 0.15) is 5.52 Å². The Morgan fingerprint density at radius 2 is 1.91 bits per heavy atom. The first-order valence-corrected chi connectivity index (χ1v) is 11.3. The number of carbonyl (C=O) groups excluding carboxylic acids is 1. The monoisotopic (exact) mass is 478 g/mol. The molecule has 0 aliphatic carbocycles. The van der Waals surface area contributed by atoms with Crippen molar-refractivity contribution in [1.82, 2.24) is 24.2 Å². The van der Waals surface area contributed by atoms with E-state index in [2.05, 4.69) is 20.6 Å². The first kappa shape index (κ1) is 19.9. The van der Waals surface area contributed by atoms with Gasteiger partial charge in [-0.3, -0.25) is 9.20 Å². The first-order valence-electron chi connectivity index (χ1n) is 9.95. The minimum atomic E-state index is -0.161. The predicted octanol–water partition coefficient (Wildman–Crippen LogP) is 4.16. The lowest BCUT2D eigenvalue weighted by Crippen LogP contribution is -2.14. The third-order valence-electron chi connectivity index (χ3n) is 5.11. The number of nitrogens with zero attached hydrogens (tertiary/aromatic N) is 5. The molecule has 0 saturated carbocycles. The van der Waals surface area contributed by atoms with Crippen molar-refractivity contribution >= 4 is 46.1 Å². The van der Waals surface area contributed by atoms with Gasteiger partial charge in [-0.15, -0.1) is 10.2 Å². The zero-order valence-electron chi connectivity index (χ0n) is 16.9. The van der Waals surface area contributed by atoms with Crippen molar-refractivity contribution in [1.29, 1.82) is 0 Å². The number of thioether (sulfide) groups is 1. The summed E-state index contributed by atoms with van der Waals surface area (Å²) in [6, 6.07) is 14.7. The number of hydrogen-bond acceptors (Lipinski definition) is 7. The summed E-state index contributed by atoms with van der Waals surface area (Å²) >= 11 is 7.29. The third-order valence-corrected chi connectivity index (χ3v) is 6.31. The Bertz CT molecular complexity index is 1510. The van der Waals surface area contributed by atoms with Crippen LogP contribution in [0.4, 0.5) is 5.69 Å². The number of benzene rings is 2. The van der Waals surface area contributed by atoms with Crippen molar-refractivity contribution < 1.29 is 14.3 Å². The summed E-state index contributed by atoms with van der Waals surface area (Å²) in [5, 5.41) is 17.4. The summed E-state index contributed by atoms with van der Waals surface area (Å²) in [7, 11) is 0. The fourth-order valence-corrected chi connectivity index (χ4v) is 4.40. The van der Waals surface area contributed by atoms with Gasteiger partial charge in [-0.2, -0.15) is 5.10 Å². The number of rotatable bonds is 5. The molecule has 2 aromatic carbocycles. The molecule has 5 aromatic rings. The van der Waals surface area contributed by atoms with E-state index >= 15 is 0 Å². The van der Waals surface area contributed by atoms with E-state index in [1.807, 2.05) is 47.1 Å². The van der Waals surface area contributed by atoms with Crippen molar-refractivity contribution in [2.24, 2.45) is 0 Å². The maximum Gasteiger partial charge on any atom is 0.234 e. The Balaban J connectivity index is 1.20. The van der Waals surface area contributed by atoms with E-state index < -0.39 is 0 Å². The highest BCUT2D eigenvalue weighted by atomic mass is 35.5. The molecular weight excluding hydrogens is 464 g/mol. The quantitative estimate of drug-likeness (QED) is 0.379. The van der Waals surface area contributed by atoms with Gasteiger partial charge in [-0.05, 0) is 30.3 Å². The average Bonchev–Trinajstić information content (AvgIpc) is 3.55. The number of halogens is 1. The Morgan fingerprint density at radius 1 is 1.06 bits per heavy atom. The summed E-state index contributed by atoms with van der Waals surface area (Å²) < 4.78 is 14.2. The zero-order valence-corrected chi connectivity index (χ0v) is 18.5. The Hall–Kier alpha value is -3.76. The normalized spacial score (nSPS) is 12.5. The van der Waals surface area contributed by atoms with Gasteiger partial charge in [0.2, 0.25) is 12.7 Å². The molecule has 164 valence electrons. The highest BCUT2D eigenvalue weighted by Crippen LogP contribution is 2.34. The smallest absolute Gasteiger partial charge is 0.234 e. The van der Waals surface area contributed by atoms with E-state index in [1.54, 1.807) is 22.7 Å². The minimum absolute atomic E-state index is 0.161. The van der Waals surface area contributed by atoms with E-state index in [0.717, 1.165) is 16.8 Å². The van der Waals surface area contributed by atoms with Gasteiger partial charge < -0.3 is 14.8 Å². The van der Waals surface area contributed by atoms with Gasteiger partial charge >= 0.3 is 0 Å². The Labute approximate surface area is 196 Å². The van der Waals surface area contributed by atoms with Gasteiger partial charge in [0.15, 0.2) is 22.3 Å². The van der Waals surface area contributed by atoms with Gasteiger partial charge in [0.05, 0.1) is 11.4 Å². The number of nitrogens with one attached hydrogen (secondary N) is 1. The SMILES string of the molecule is O=C(CSc1nnc2c3cc(-c4ccc(Cl)cc4)nn3ccn12)Nc1ccc2c(c1)OCO2. The molecule has 0 fully saturated rings. The molecule has 1 amide bonds. The first-order chi connectivity index (χ1) is 16.1. The molecule has 0 unspecified atom stereocenters. The summed E-state index contributed by atoms with van der Waals surface area (Å²) in [6.45, 7) is 0.189. The number of amides is 1. The van der Waals surface area contributed by atoms with Crippen LogP contribution in [0.2, 0.25) is 5.02 Å². The van der Waals surface area contributed by atoms with E-state index in [1.165, 1.54) is 11.8 Å². The standard InChI is InChI=1S/C22H15ClN6O3S/c23-14-3-1-13(2-4-14)16-10-17-21-25-26-22(28(21)7-8-29(17)27-16)33-11-20(30)24-15-5-6-18-19(9-15)32-12-31-18/h1-10H,11-12H2,(H,24,30). The number of aromatic nitrogens is 5. The van der Waals surface area contributed by atoms with Gasteiger partial charge in [-0.25, -0.2) is 4.52 Å². The third kappa shape index (κ3) is 3.73. The van der Waals surface area contributed by atoms with Crippen LogP contribution >= 0.6 is 23.4 Å². The summed E-state index contributed by atoms with van der Waals surface area (Å²) in [5.74, 6) is 1.30. The van der Waals surface area contributed by atoms with Crippen molar-refractivity contribution in [2.75, 3.05) is 17.9 Å². The summed E-state index contributed by atoms with van der Waals surface area (Å²) in [5.41, 5.74) is 3.87. The molecular formula is C22H15ClN6O3S. The molecule has 0 spiro atoms. The fourth-order valence-electron chi connectivity index (χ4n) is 3.55. The molecule has 4 heterocycles. The number of anilines is 1. The van der Waals surface area contributed by atoms with Crippen molar-refractivity contribution in [3.8, 4) is 22.8 Å². The highest BCUT2D eigenvalue weighted by Gasteiger charge is 2.16. The van der Waals surface area contributed by atoms with E-state index in [9.17, 15) is 4.79 Å². The van der Waals surface area contributed by atoms with Crippen molar-refractivity contribution in [3.63, 3.8) is 0 Å². The zero-order chi connectivity index (χ0) is 22.4. The second-order valence-electron chi connectivity index (χ2n) is 7.25. The van der Waals surface area contributed by atoms with Crippen LogP contribution in [0.3, 0.4) is 0 Å². The van der Waals surface area contributed by atoms with Gasteiger partial charge in [-0.1, -0.05) is 35.5 Å². The van der Waals surface area contributed by atoms with Crippen LogP contribution in [0.15, 0.2) is 66.1 Å². The number of hydrogen-bond donors (Lipinski definition) is 1. The molecule has 1 aliphatic heterocycles. The Kier molecular flexibility index (Phi) is 4.81. The molecule has 11 heteroatoms. The van der Waals surface area contributed by atoms with Crippen LogP contribution < -0.4 is 14.8 Å². The van der Waals surface area contributed by atoms with Crippen LogP contribution in [0.1, 0.15) is 0 Å². The largest absolute Gasteiger partial charge is 0.454 e. The lowest BCUT2D eigenvalue weighted by atomic mass is 10.1. The molecule has 1 aliphatic rings. The van der Waals surface area contributed by atoms with E-state index in [4.69, 9.17) is 21.1 Å². The molecule has 0 radical (unpaired) electrons. The topological polar surface area (TPSA) is 95.1 Å². The predicted molar refractivity (Wildman–Crippen MR) is 124 cm³/mol. The fraction of sp³-hybridized carbons (Fsp3) is 0.0909. The second kappa shape index (κ2) is 7.98. The van der Waals surface area contributed by atoms with Crippen LogP contribution in [0.25, 0.3) is 22.4 Å². The summed E-state index contributed by atoms with van der Waals surface area (Å²) in [4.78, 5) is 12.5. The van der Waals surface area contributed by atoms with Crippen LogP contribution in [0, 0.1) is 0 Å². The number of ether oxygens (including phenoxy) is 2. The molecule has 3 aromatic heterocycles. The molecule has 0 bridgehead atoms. The molecule has 0 atom stereocenters. The average molecular weight is 479 g/mol. The molecule has 0 saturated heterocycles. The van der Waals surface area contributed by atoms with Gasteiger partial charge in [0, 0.05) is 34.7 Å². The van der Waals surface area contributed by atoms with Crippen LogP contribution in [-0.4, -0.2) is 42.7 Å². The molecule has 1 N–H and O–H groups in total. The Morgan fingerprint density at radius 3 is 2.79 bits per heavy atom. The van der Waals surface area contributed by atoms with Crippen LogP contribution in [0.5, 0.6) is 11.5 Å². The highest BCUT2D eigenvalue weighted by molar-refractivity contribution is 7.99. The lowest BCUT2D eigenvalue weighted by molar-refractivity contribution is -0.113. The van der Waals surface area contributed by atoms with E-state index in [-0.39, 0.29) is 18.5 Å².